The highest BCUT2D eigenvalue weighted by Crippen LogP contribution is 2.29. The lowest BCUT2D eigenvalue weighted by atomic mass is 10.1. The number of methoxy groups -OCH3 is 1. The highest BCUT2D eigenvalue weighted by Gasteiger charge is 2.15. The minimum atomic E-state index is -0.604. The Morgan fingerprint density at radius 3 is 2.56 bits per heavy atom. The van der Waals surface area contributed by atoms with Gasteiger partial charge in [-0.15, -0.1) is 6.58 Å². The van der Waals surface area contributed by atoms with Gasteiger partial charge in [0.2, 0.25) is 0 Å². The van der Waals surface area contributed by atoms with E-state index in [2.05, 4.69) is 17.1 Å². The standard InChI is InChI=1S/C26H23ClN2O5/c1-3-8-19-9-4-7-12-22(19)33-17-25(30)29-28-16-18-13-14-23(24(15-18)32-2)34-26(31)20-10-5-6-11-21(20)27/h3-7,9-16H,1,8,17H2,2H3,(H,29,30). The molecule has 0 bridgehead atoms. The van der Waals surface area contributed by atoms with Crippen molar-refractivity contribution in [2.75, 3.05) is 13.7 Å². The molecule has 174 valence electrons. The predicted molar refractivity (Wildman–Crippen MR) is 131 cm³/mol. The molecule has 0 atom stereocenters. The van der Waals surface area contributed by atoms with Crippen LogP contribution < -0.4 is 19.6 Å². The third kappa shape index (κ3) is 6.70. The summed E-state index contributed by atoms with van der Waals surface area (Å²) in [5.41, 5.74) is 4.21. The molecule has 8 heteroatoms. The highest BCUT2D eigenvalue weighted by molar-refractivity contribution is 6.33. The van der Waals surface area contributed by atoms with Crippen LogP contribution in [0.5, 0.6) is 17.2 Å². The minimum absolute atomic E-state index is 0.189. The molecule has 1 N–H and O–H groups in total. The maximum atomic E-state index is 12.4. The van der Waals surface area contributed by atoms with Crippen molar-refractivity contribution in [2.24, 2.45) is 5.10 Å². The van der Waals surface area contributed by atoms with Gasteiger partial charge in [-0.05, 0) is 53.9 Å². The molecule has 0 aliphatic carbocycles. The third-order valence-corrected chi connectivity index (χ3v) is 4.91. The van der Waals surface area contributed by atoms with Crippen LogP contribution in [0.15, 0.2) is 84.5 Å². The number of halogens is 1. The van der Waals surface area contributed by atoms with E-state index in [1.54, 1.807) is 54.6 Å². The van der Waals surface area contributed by atoms with E-state index in [4.69, 9.17) is 25.8 Å². The summed E-state index contributed by atoms with van der Waals surface area (Å²) in [6, 6.07) is 18.9. The number of allylic oxidation sites excluding steroid dienone is 1. The number of esters is 1. The molecule has 3 aromatic rings. The number of rotatable bonds is 10. The van der Waals surface area contributed by atoms with Gasteiger partial charge in [0, 0.05) is 0 Å². The van der Waals surface area contributed by atoms with E-state index >= 15 is 0 Å². The smallest absolute Gasteiger partial charge is 0.345 e. The summed E-state index contributed by atoms with van der Waals surface area (Å²) < 4.78 is 16.3. The van der Waals surface area contributed by atoms with Gasteiger partial charge in [-0.2, -0.15) is 5.10 Å². The first-order valence-electron chi connectivity index (χ1n) is 10.3. The van der Waals surface area contributed by atoms with Crippen molar-refractivity contribution in [2.45, 2.75) is 6.42 Å². The molecule has 3 aromatic carbocycles. The number of hydrogen-bond donors (Lipinski definition) is 1. The molecule has 0 heterocycles. The zero-order valence-corrected chi connectivity index (χ0v) is 19.2. The molecule has 7 nitrogen and oxygen atoms in total. The zero-order chi connectivity index (χ0) is 24.3. The van der Waals surface area contributed by atoms with Crippen molar-refractivity contribution >= 4 is 29.7 Å². The maximum absolute atomic E-state index is 12.4. The van der Waals surface area contributed by atoms with Crippen molar-refractivity contribution in [1.82, 2.24) is 5.43 Å². The summed E-state index contributed by atoms with van der Waals surface area (Å²) in [5.74, 6) is 0.139. The number of hydrogen-bond acceptors (Lipinski definition) is 6. The molecule has 0 aliphatic rings. The van der Waals surface area contributed by atoms with Gasteiger partial charge in [-0.1, -0.05) is 48.0 Å². The van der Waals surface area contributed by atoms with Crippen LogP contribution in [0, 0.1) is 0 Å². The number of hydrazone groups is 1. The average Bonchev–Trinajstić information content (AvgIpc) is 2.84. The molecule has 1 amide bonds. The number of carbonyl (C=O) groups is 2. The number of carbonyl (C=O) groups excluding carboxylic acids is 2. The first-order valence-corrected chi connectivity index (χ1v) is 10.7. The molecule has 3 rings (SSSR count). The van der Waals surface area contributed by atoms with Gasteiger partial charge in [0.15, 0.2) is 18.1 Å². The van der Waals surface area contributed by atoms with Crippen molar-refractivity contribution in [3.8, 4) is 17.2 Å². The second-order valence-electron chi connectivity index (χ2n) is 6.96. The summed E-state index contributed by atoms with van der Waals surface area (Å²) in [6.07, 6.45) is 3.84. The number of benzene rings is 3. The van der Waals surface area contributed by atoms with E-state index in [1.165, 1.54) is 13.3 Å². The molecule has 0 saturated carbocycles. The Labute approximate surface area is 202 Å². The average molecular weight is 479 g/mol. The van der Waals surface area contributed by atoms with Crippen molar-refractivity contribution in [3.05, 3.63) is 101 Å². The van der Waals surface area contributed by atoms with E-state index in [0.717, 1.165) is 5.56 Å². The van der Waals surface area contributed by atoms with Crippen LogP contribution >= 0.6 is 11.6 Å². The lowest BCUT2D eigenvalue weighted by molar-refractivity contribution is -0.123. The van der Waals surface area contributed by atoms with E-state index in [-0.39, 0.29) is 17.9 Å². The molecule has 0 aliphatic heterocycles. The summed E-state index contributed by atoms with van der Waals surface area (Å²) >= 11 is 6.05. The van der Waals surface area contributed by atoms with E-state index in [0.29, 0.717) is 28.5 Å². The Balaban J connectivity index is 1.58. The van der Waals surface area contributed by atoms with Gasteiger partial charge in [-0.25, -0.2) is 10.2 Å². The lowest BCUT2D eigenvalue weighted by Crippen LogP contribution is -2.24. The second-order valence-corrected chi connectivity index (χ2v) is 7.37. The largest absolute Gasteiger partial charge is 0.493 e. The molecule has 0 radical (unpaired) electrons. The van der Waals surface area contributed by atoms with Gasteiger partial charge in [0.25, 0.3) is 5.91 Å². The van der Waals surface area contributed by atoms with Crippen LogP contribution in [0.1, 0.15) is 21.5 Å². The van der Waals surface area contributed by atoms with Crippen molar-refractivity contribution < 1.29 is 23.8 Å². The number of amides is 1. The Kier molecular flexibility index (Phi) is 8.82. The van der Waals surface area contributed by atoms with Gasteiger partial charge in [0.1, 0.15) is 5.75 Å². The Bertz CT molecular complexity index is 1210. The highest BCUT2D eigenvalue weighted by atomic mass is 35.5. The van der Waals surface area contributed by atoms with Crippen molar-refractivity contribution in [3.63, 3.8) is 0 Å². The topological polar surface area (TPSA) is 86.2 Å². The van der Waals surface area contributed by atoms with Gasteiger partial charge in [0.05, 0.1) is 23.9 Å². The Hall–Kier alpha value is -4.10. The summed E-state index contributed by atoms with van der Waals surface area (Å²) in [6.45, 7) is 3.53. The summed E-state index contributed by atoms with van der Waals surface area (Å²) in [7, 11) is 1.45. The molecular formula is C26H23ClN2O5. The van der Waals surface area contributed by atoms with Crippen LogP contribution in [0.25, 0.3) is 0 Å². The van der Waals surface area contributed by atoms with Gasteiger partial charge in [-0.3, -0.25) is 4.79 Å². The predicted octanol–water partition coefficient (Wildman–Crippen LogP) is 4.83. The fraction of sp³-hybridized carbons (Fsp3) is 0.115. The summed E-state index contributed by atoms with van der Waals surface area (Å²) in [4.78, 5) is 24.5. The number of nitrogens with one attached hydrogen (secondary N) is 1. The van der Waals surface area contributed by atoms with Crippen LogP contribution in [0.2, 0.25) is 5.02 Å². The lowest BCUT2D eigenvalue weighted by Gasteiger charge is -2.10. The maximum Gasteiger partial charge on any atom is 0.345 e. The number of nitrogens with zero attached hydrogens (tertiary/aromatic N) is 1. The zero-order valence-electron chi connectivity index (χ0n) is 18.5. The van der Waals surface area contributed by atoms with E-state index < -0.39 is 11.9 Å². The molecule has 34 heavy (non-hydrogen) atoms. The van der Waals surface area contributed by atoms with E-state index in [1.807, 2.05) is 18.2 Å². The summed E-state index contributed by atoms with van der Waals surface area (Å²) in [5, 5.41) is 4.23. The Morgan fingerprint density at radius 2 is 1.79 bits per heavy atom. The molecule has 0 unspecified atom stereocenters. The first kappa shape index (κ1) is 24.5. The number of ether oxygens (including phenoxy) is 3. The quantitative estimate of drug-likeness (QED) is 0.148. The fourth-order valence-corrected chi connectivity index (χ4v) is 3.17. The van der Waals surface area contributed by atoms with Crippen LogP contribution in [0.3, 0.4) is 0 Å². The van der Waals surface area contributed by atoms with Crippen molar-refractivity contribution in [1.29, 1.82) is 0 Å². The fourth-order valence-electron chi connectivity index (χ4n) is 2.95. The molecule has 0 aromatic heterocycles. The first-order chi connectivity index (χ1) is 16.5. The molecule has 0 fully saturated rings. The van der Waals surface area contributed by atoms with E-state index in [9.17, 15) is 9.59 Å². The monoisotopic (exact) mass is 478 g/mol. The van der Waals surface area contributed by atoms with Gasteiger partial charge >= 0.3 is 5.97 Å². The molecule has 0 saturated heterocycles. The van der Waals surface area contributed by atoms with Crippen LogP contribution in [-0.2, 0) is 11.2 Å². The Morgan fingerprint density at radius 1 is 1.03 bits per heavy atom. The second kappa shape index (κ2) is 12.2. The minimum Gasteiger partial charge on any atom is -0.493 e. The SMILES string of the molecule is C=CCc1ccccc1OCC(=O)NN=Cc1ccc(OC(=O)c2ccccc2Cl)c(OC)c1. The molecular weight excluding hydrogens is 456 g/mol. The van der Waals surface area contributed by atoms with Crippen LogP contribution in [0.4, 0.5) is 0 Å². The van der Waals surface area contributed by atoms with Gasteiger partial charge < -0.3 is 14.2 Å². The molecule has 0 spiro atoms. The van der Waals surface area contributed by atoms with Crippen LogP contribution in [-0.4, -0.2) is 31.8 Å². The normalized spacial score (nSPS) is 10.5. The third-order valence-electron chi connectivity index (χ3n) is 4.58. The number of para-hydroxylation sites is 1.